The van der Waals surface area contributed by atoms with Crippen molar-refractivity contribution in [1.29, 1.82) is 5.26 Å². The van der Waals surface area contributed by atoms with E-state index in [-0.39, 0.29) is 5.69 Å². The molecule has 82 valence electrons. The first-order valence-electron chi connectivity index (χ1n) is 4.75. The Bertz CT molecular complexity index is 600. The minimum Gasteiger partial charge on any atom is -0.477 e. The Labute approximate surface area is 97.0 Å². The van der Waals surface area contributed by atoms with Crippen LogP contribution >= 0.6 is 0 Å². The van der Waals surface area contributed by atoms with E-state index in [0.717, 1.165) is 11.1 Å². The smallest absolute Gasteiger partial charge is 0.354 e. The van der Waals surface area contributed by atoms with Gasteiger partial charge in [0.1, 0.15) is 11.8 Å². The molecular weight excluding hydrogens is 218 g/mol. The highest BCUT2D eigenvalue weighted by atomic mass is 16.4. The predicted molar refractivity (Wildman–Crippen MR) is 59.1 cm³/mol. The summed E-state index contributed by atoms with van der Waals surface area (Å²) in [6.07, 6.45) is 4.50. The lowest BCUT2D eigenvalue weighted by atomic mass is 10.1. The average molecular weight is 225 g/mol. The zero-order chi connectivity index (χ0) is 12.3. The van der Waals surface area contributed by atoms with Crippen molar-refractivity contribution in [3.63, 3.8) is 0 Å². The molecule has 1 N–H and O–H groups in total. The Morgan fingerprint density at radius 2 is 2.06 bits per heavy atom. The molecule has 0 amide bonds. The Morgan fingerprint density at radius 1 is 1.24 bits per heavy atom. The number of carboxylic acids is 1. The van der Waals surface area contributed by atoms with Crippen molar-refractivity contribution >= 4 is 5.97 Å². The highest BCUT2D eigenvalue weighted by Crippen LogP contribution is 2.18. The fourth-order valence-electron chi connectivity index (χ4n) is 1.35. The van der Waals surface area contributed by atoms with Gasteiger partial charge in [0.15, 0.2) is 0 Å². The number of pyridine rings is 2. The Balaban J connectivity index is 2.40. The third kappa shape index (κ3) is 2.26. The second-order valence-corrected chi connectivity index (χ2v) is 3.31. The fraction of sp³-hybridized carbons (Fsp3) is 0. The van der Waals surface area contributed by atoms with Gasteiger partial charge >= 0.3 is 5.97 Å². The topological polar surface area (TPSA) is 86.9 Å². The minimum absolute atomic E-state index is 0.0156. The lowest BCUT2D eigenvalue weighted by Crippen LogP contribution is -1.99. The van der Waals surface area contributed by atoms with E-state index in [9.17, 15) is 4.79 Å². The summed E-state index contributed by atoms with van der Waals surface area (Å²) in [4.78, 5) is 18.4. The molecule has 0 saturated carbocycles. The molecule has 2 aromatic heterocycles. The van der Waals surface area contributed by atoms with Gasteiger partial charge in [-0.2, -0.15) is 5.26 Å². The van der Waals surface area contributed by atoms with E-state index in [1.54, 1.807) is 18.3 Å². The molecule has 0 atom stereocenters. The number of nitrogens with zero attached hydrogens (tertiary/aromatic N) is 3. The highest BCUT2D eigenvalue weighted by Gasteiger charge is 2.05. The van der Waals surface area contributed by atoms with Gasteiger partial charge in [0.25, 0.3) is 0 Å². The van der Waals surface area contributed by atoms with Crippen LogP contribution in [0.2, 0.25) is 0 Å². The van der Waals surface area contributed by atoms with Crippen molar-refractivity contribution < 1.29 is 9.90 Å². The van der Waals surface area contributed by atoms with Gasteiger partial charge in [-0.15, -0.1) is 0 Å². The third-order valence-electron chi connectivity index (χ3n) is 2.18. The fourth-order valence-corrected chi connectivity index (χ4v) is 1.35. The molecule has 0 radical (unpaired) electrons. The van der Waals surface area contributed by atoms with Gasteiger partial charge < -0.3 is 5.11 Å². The van der Waals surface area contributed by atoms with Crippen molar-refractivity contribution in [2.24, 2.45) is 0 Å². The van der Waals surface area contributed by atoms with Crippen molar-refractivity contribution in [2.45, 2.75) is 0 Å². The van der Waals surface area contributed by atoms with Gasteiger partial charge in [0.05, 0.1) is 5.56 Å². The number of rotatable bonds is 2. The van der Waals surface area contributed by atoms with Gasteiger partial charge in [-0.05, 0) is 12.1 Å². The number of aromatic carboxylic acids is 1. The summed E-state index contributed by atoms with van der Waals surface area (Å²) in [6, 6.07) is 6.71. The molecule has 0 spiro atoms. The summed E-state index contributed by atoms with van der Waals surface area (Å²) in [5.41, 5.74) is 1.89. The molecule has 0 unspecified atom stereocenters. The Morgan fingerprint density at radius 3 is 2.65 bits per heavy atom. The molecule has 0 aromatic carbocycles. The van der Waals surface area contributed by atoms with Crippen LogP contribution in [0.3, 0.4) is 0 Å². The van der Waals surface area contributed by atoms with E-state index < -0.39 is 5.97 Å². The third-order valence-corrected chi connectivity index (χ3v) is 2.18. The monoisotopic (exact) mass is 225 g/mol. The van der Waals surface area contributed by atoms with E-state index in [4.69, 9.17) is 10.4 Å². The van der Waals surface area contributed by atoms with Crippen LogP contribution in [0.4, 0.5) is 0 Å². The van der Waals surface area contributed by atoms with Crippen molar-refractivity contribution in [2.75, 3.05) is 0 Å². The molecule has 2 aromatic rings. The van der Waals surface area contributed by atoms with E-state index in [2.05, 4.69) is 9.97 Å². The molecule has 0 fully saturated rings. The summed E-state index contributed by atoms with van der Waals surface area (Å²) in [7, 11) is 0. The highest BCUT2D eigenvalue weighted by molar-refractivity contribution is 5.85. The Kier molecular flexibility index (Phi) is 2.79. The molecular formula is C12H7N3O2. The normalized spacial score (nSPS) is 9.59. The molecule has 0 aliphatic carbocycles. The molecule has 0 bridgehead atoms. The van der Waals surface area contributed by atoms with E-state index in [1.165, 1.54) is 18.5 Å². The quantitative estimate of drug-likeness (QED) is 0.840. The van der Waals surface area contributed by atoms with E-state index in [1.807, 2.05) is 6.07 Å². The van der Waals surface area contributed by atoms with Gasteiger partial charge in [0.2, 0.25) is 0 Å². The van der Waals surface area contributed by atoms with Crippen LogP contribution in [0.15, 0.2) is 36.8 Å². The molecule has 0 saturated heterocycles. The average Bonchev–Trinajstić information content (AvgIpc) is 2.39. The molecule has 0 aliphatic rings. The van der Waals surface area contributed by atoms with Crippen molar-refractivity contribution in [1.82, 2.24) is 9.97 Å². The van der Waals surface area contributed by atoms with Crippen molar-refractivity contribution in [3.8, 4) is 17.2 Å². The summed E-state index contributed by atoms with van der Waals surface area (Å²) < 4.78 is 0. The maximum atomic E-state index is 10.6. The molecule has 5 heteroatoms. The first kappa shape index (κ1) is 10.8. The summed E-state index contributed by atoms with van der Waals surface area (Å²) >= 11 is 0. The minimum atomic E-state index is -1.07. The number of hydrogen-bond donors (Lipinski definition) is 1. The number of aromatic nitrogens is 2. The second-order valence-electron chi connectivity index (χ2n) is 3.31. The van der Waals surface area contributed by atoms with Gasteiger partial charge in [-0.3, -0.25) is 4.98 Å². The van der Waals surface area contributed by atoms with Crippen LogP contribution in [-0.2, 0) is 0 Å². The van der Waals surface area contributed by atoms with Gasteiger partial charge in [0, 0.05) is 29.7 Å². The molecule has 17 heavy (non-hydrogen) atoms. The predicted octanol–water partition coefficient (Wildman–Crippen LogP) is 1.71. The first-order chi connectivity index (χ1) is 8.20. The number of nitriles is 1. The van der Waals surface area contributed by atoms with E-state index >= 15 is 0 Å². The molecule has 2 heterocycles. The molecule has 5 nitrogen and oxygen atoms in total. The summed E-state index contributed by atoms with van der Waals surface area (Å²) in [5, 5.41) is 17.5. The largest absolute Gasteiger partial charge is 0.477 e. The summed E-state index contributed by atoms with van der Waals surface area (Å²) in [5.74, 6) is -1.07. The van der Waals surface area contributed by atoms with Crippen LogP contribution in [0.1, 0.15) is 16.1 Å². The zero-order valence-corrected chi connectivity index (χ0v) is 8.66. The second kappa shape index (κ2) is 4.41. The maximum Gasteiger partial charge on any atom is 0.354 e. The van der Waals surface area contributed by atoms with Gasteiger partial charge in [-0.25, -0.2) is 9.78 Å². The number of carboxylic acid groups (broad SMARTS) is 1. The lowest BCUT2D eigenvalue weighted by molar-refractivity contribution is 0.0690. The van der Waals surface area contributed by atoms with Crippen LogP contribution in [0.25, 0.3) is 11.1 Å². The SMILES string of the molecule is N#Cc1cncc(-c2ccc(C(=O)O)nc2)c1. The molecule has 0 aliphatic heterocycles. The summed E-state index contributed by atoms with van der Waals surface area (Å²) in [6.45, 7) is 0. The Hall–Kier alpha value is -2.74. The van der Waals surface area contributed by atoms with Crippen LogP contribution in [0.5, 0.6) is 0 Å². The molecule has 2 rings (SSSR count). The maximum absolute atomic E-state index is 10.6. The standard InChI is InChI=1S/C12H7N3O2/c13-4-8-3-10(6-14-5-8)9-1-2-11(12(16)17)15-7-9/h1-3,5-7H,(H,16,17). The first-order valence-corrected chi connectivity index (χ1v) is 4.75. The van der Waals surface area contributed by atoms with Crippen molar-refractivity contribution in [3.05, 3.63) is 48.0 Å². The number of carbonyl (C=O) groups is 1. The van der Waals surface area contributed by atoms with Gasteiger partial charge in [-0.1, -0.05) is 6.07 Å². The zero-order valence-electron chi connectivity index (χ0n) is 8.66. The van der Waals surface area contributed by atoms with E-state index in [0.29, 0.717) is 5.56 Å². The van der Waals surface area contributed by atoms with Crippen LogP contribution in [-0.4, -0.2) is 21.0 Å². The lowest BCUT2D eigenvalue weighted by Gasteiger charge is -2.01. The van der Waals surface area contributed by atoms with Crippen LogP contribution < -0.4 is 0 Å². The van der Waals surface area contributed by atoms with Crippen LogP contribution in [0, 0.1) is 11.3 Å². The number of hydrogen-bond acceptors (Lipinski definition) is 4.